The van der Waals surface area contributed by atoms with Crippen LogP contribution in [0.4, 0.5) is 0 Å². The number of halogens is 1. The Labute approximate surface area is 178 Å². The molecule has 0 saturated heterocycles. The average molecular weight is 444 g/mol. The topological polar surface area (TPSA) is 104 Å². The first-order valence-electron chi connectivity index (χ1n) is 9.24. The molecule has 8 nitrogen and oxygen atoms in total. The summed E-state index contributed by atoms with van der Waals surface area (Å²) in [6.07, 6.45) is 2.20. The number of para-hydroxylation sites is 1. The van der Waals surface area contributed by atoms with Gasteiger partial charge >= 0.3 is 0 Å². The van der Waals surface area contributed by atoms with Crippen molar-refractivity contribution in [3.05, 3.63) is 77.4 Å². The van der Waals surface area contributed by atoms with Crippen LogP contribution in [0.15, 0.2) is 65.3 Å². The fourth-order valence-corrected chi connectivity index (χ4v) is 4.51. The minimum atomic E-state index is -3.37. The number of rotatable bonds is 8. The summed E-state index contributed by atoms with van der Waals surface area (Å²) in [5, 5.41) is 12.2. The molecule has 0 unspecified atom stereocenters. The van der Waals surface area contributed by atoms with E-state index in [-0.39, 0.29) is 11.5 Å². The SMILES string of the molecule is O=S(=O)(CCCc1nnnn1-c1ccccc1)Cc1coc(-c2cccc(Cl)c2)n1. The normalized spacial score (nSPS) is 11.6. The Kier molecular flexibility index (Phi) is 5.91. The number of aromatic nitrogens is 5. The van der Waals surface area contributed by atoms with Crippen molar-refractivity contribution in [1.82, 2.24) is 25.2 Å². The van der Waals surface area contributed by atoms with Crippen LogP contribution in [-0.4, -0.2) is 39.4 Å². The van der Waals surface area contributed by atoms with Gasteiger partial charge in [0.2, 0.25) is 5.89 Å². The van der Waals surface area contributed by atoms with Gasteiger partial charge in [-0.2, -0.15) is 4.68 Å². The maximum Gasteiger partial charge on any atom is 0.226 e. The van der Waals surface area contributed by atoms with Crippen molar-refractivity contribution >= 4 is 21.4 Å². The van der Waals surface area contributed by atoms with E-state index in [4.69, 9.17) is 16.0 Å². The zero-order chi connectivity index (χ0) is 21.0. The molecule has 0 aliphatic carbocycles. The molecule has 0 aliphatic heterocycles. The zero-order valence-corrected chi connectivity index (χ0v) is 17.4. The van der Waals surface area contributed by atoms with Gasteiger partial charge in [0, 0.05) is 17.0 Å². The van der Waals surface area contributed by atoms with Crippen molar-refractivity contribution < 1.29 is 12.8 Å². The van der Waals surface area contributed by atoms with Gasteiger partial charge in [0.15, 0.2) is 15.7 Å². The molecule has 0 bridgehead atoms. The van der Waals surface area contributed by atoms with E-state index in [1.165, 1.54) is 6.26 Å². The fourth-order valence-electron chi connectivity index (χ4n) is 3.01. The minimum absolute atomic E-state index is 0.00594. The van der Waals surface area contributed by atoms with E-state index < -0.39 is 9.84 Å². The molecule has 0 amide bonds. The standard InChI is InChI=1S/C20H18ClN5O3S/c21-16-7-4-6-15(12-16)20-22-17(13-29-20)14-30(27,28)11-5-10-19-23-24-25-26(19)18-8-2-1-3-9-18/h1-4,6-9,12-13H,5,10-11,14H2. The summed E-state index contributed by atoms with van der Waals surface area (Å²) in [5.41, 5.74) is 1.88. The van der Waals surface area contributed by atoms with Gasteiger partial charge in [0.25, 0.3) is 0 Å². The van der Waals surface area contributed by atoms with Crippen molar-refractivity contribution in [2.45, 2.75) is 18.6 Å². The lowest BCUT2D eigenvalue weighted by atomic mass is 10.2. The Morgan fingerprint density at radius 1 is 1.07 bits per heavy atom. The van der Waals surface area contributed by atoms with Crippen molar-refractivity contribution in [3.63, 3.8) is 0 Å². The molecule has 4 aromatic rings. The Morgan fingerprint density at radius 2 is 1.90 bits per heavy atom. The van der Waals surface area contributed by atoms with Crippen LogP contribution in [0.5, 0.6) is 0 Å². The van der Waals surface area contributed by atoms with Gasteiger partial charge in [0.05, 0.1) is 22.9 Å². The summed E-state index contributed by atoms with van der Waals surface area (Å²) in [5.74, 6) is 0.750. The number of sulfone groups is 1. The molecule has 0 radical (unpaired) electrons. The molecule has 0 spiro atoms. The second-order valence-electron chi connectivity index (χ2n) is 6.69. The molecule has 154 valence electrons. The molecule has 2 heterocycles. The Balaban J connectivity index is 1.37. The van der Waals surface area contributed by atoms with Crippen LogP contribution in [0.1, 0.15) is 17.9 Å². The third-order valence-electron chi connectivity index (χ3n) is 4.38. The number of hydrogen-bond donors (Lipinski definition) is 0. The van der Waals surface area contributed by atoms with Crippen molar-refractivity contribution in [3.8, 4) is 17.1 Å². The summed E-state index contributed by atoms with van der Waals surface area (Å²) >= 11 is 5.98. The Hall–Kier alpha value is -3.04. The molecule has 0 aliphatic rings. The third-order valence-corrected chi connectivity index (χ3v) is 6.26. The molecule has 30 heavy (non-hydrogen) atoms. The molecule has 2 aromatic carbocycles. The summed E-state index contributed by atoms with van der Waals surface area (Å²) < 4.78 is 32.1. The molecule has 0 N–H and O–H groups in total. The van der Waals surface area contributed by atoms with E-state index in [2.05, 4.69) is 20.5 Å². The van der Waals surface area contributed by atoms with Gasteiger partial charge in [-0.15, -0.1) is 5.10 Å². The van der Waals surface area contributed by atoms with Gasteiger partial charge in [-0.3, -0.25) is 0 Å². The zero-order valence-electron chi connectivity index (χ0n) is 15.8. The average Bonchev–Trinajstić information content (AvgIpc) is 3.38. The van der Waals surface area contributed by atoms with E-state index >= 15 is 0 Å². The van der Waals surface area contributed by atoms with E-state index in [9.17, 15) is 8.42 Å². The molecule has 0 fully saturated rings. The molecule has 4 rings (SSSR count). The van der Waals surface area contributed by atoms with Crippen LogP contribution in [0.3, 0.4) is 0 Å². The summed E-state index contributed by atoms with van der Waals surface area (Å²) in [6, 6.07) is 16.5. The van der Waals surface area contributed by atoms with Crippen LogP contribution in [-0.2, 0) is 22.0 Å². The van der Waals surface area contributed by atoms with Gasteiger partial charge in [-0.05, 0) is 47.2 Å². The number of aryl methyl sites for hydroxylation is 1. The lowest BCUT2D eigenvalue weighted by Crippen LogP contribution is -2.12. The fraction of sp³-hybridized carbons (Fsp3) is 0.200. The monoisotopic (exact) mass is 443 g/mol. The van der Waals surface area contributed by atoms with E-state index in [0.29, 0.717) is 40.8 Å². The lowest BCUT2D eigenvalue weighted by Gasteiger charge is -2.05. The summed E-state index contributed by atoms with van der Waals surface area (Å²) in [4.78, 5) is 4.28. The first-order chi connectivity index (χ1) is 14.5. The van der Waals surface area contributed by atoms with Gasteiger partial charge < -0.3 is 4.42 Å². The van der Waals surface area contributed by atoms with Crippen LogP contribution in [0, 0.1) is 0 Å². The highest BCUT2D eigenvalue weighted by molar-refractivity contribution is 7.90. The van der Waals surface area contributed by atoms with Crippen LogP contribution >= 0.6 is 11.6 Å². The van der Waals surface area contributed by atoms with E-state index in [1.807, 2.05) is 30.3 Å². The van der Waals surface area contributed by atoms with Crippen LogP contribution < -0.4 is 0 Å². The number of benzene rings is 2. The molecule has 0 atom stereocenters. The van der Waals surface area contributed by atoms with Crippen molar-refractivity contribution in [2.75, 3.05) is 5.75 Å². The molecule has 2 aromatic heterocycles. The predicted molar refractivity (Wildman–Crippen MR) is 112 cm³/mol. The van der Waals surface area contributed by atoms with Crippen LogP contribution in [0.2, 0.25) is 5.02 Å². The van der Waals surface area contributed by atoms with Gasteiger partial charge in [0.1, 0.15) is 6.26 Å². The predicted octanol–water partition coefficient (Wildman–Crippen LogP) is 3.52. The first kappa shape index (κ1) is 20.2. The molecular formula is C20H18ClN5O3S. The maximum atomic E-state index is 12.5. The number of hydrogen-bond acceptors (Lipinski definition) is 7. The third kappa shape index (κ3) is 4.92. The lowest BCUT2D eigenvalue weighted by molar-refractivity contribution is 0.571. The van der Waals surface area contributed by atoms with E-state index in [1.54, 1.807) is 28.9 Å². The van der Waals surface area contributed by atoms with Gasteiger partial charge in [-0.25, -0.2) is 13.4 Å². The van der Waals surface area contributed by atoms with Gasteiger partial charge in [-0.1, -0.05) is 35.9 Å². The second kappa shape index (κ2) is 8.76. The highest BCUT2D eigenvalue weighted by Gasteiger charge is 2.17. The highest BCUT2D eigenvalue weighted by atomic mass is 35.5. The van der Waals surface area contributed by atoms with Crippen LogP contribution in [0.25, 0.3) is 17.1 Å². The Bertz CT molecular complexity index is 1240. The largest absolute Gasteiger partial charge is 0.444 e. The van der Waals surface area contributed by atoms with Crippen molar-refractivity contribution in [1.29, 1.82) is 0 Å². The number of oxazole rings is 1. The molecule has 0 saturated carbocycles. The minimum Gasteiger partial charge on any atom is -0.444 e. The summed E-state index contributed by atoms with van der Waals surface area (Å²) in [7, 11) is -3.37. The number of tetrazole rings is 1. The summed E-state index contributed by atoms with van der Waals surface area (Å²) in [6.45, 7) is 0. The van der Waals surface area contributed by atoms with Crippen molar-refractivity contribution in [2.24, 2.45) is 0 Å². The highest BCUT2D eigenvalue weighted by Crippen LogP contribution is 2.23. The molecule has 10 heteroatoms. The smallest absolute Gasteiger partial charge is 0.226 e. The Morgan fingerprint density at radius 3 is 2.70 bits per heavy atom. The van der Waals surface area contributed by atoms with E-state index in [0.717, 1.165) is 5.69 Å². The second-order valence-corrected chi connectivity index (χ2v) is 9.31. The first-order valence-corrected chi connectivity index (χ1v) is 11.4. The quantitative estimate of drug-likeness (QED) is 0.410. The molecular weight excluding hydrogens is 426 g/mol. The number of nitrogens with zero attached hydrogens (tertiary/aromatic N) is 5. The maximum absolute atomic E-state index is 12.5.